The molecule has 86 valence electrons. The zero-order valence-corrected chi connectivity index (χ0v) is 9.96. The lowest BCUT2D eigenvalue weighted by Gasteiger charge is -2.06. The molecule has 0 fully saturated rings. The smallest absolute Gasteiger partial charge is 0.0745 e. The second-order valence-corrected chi connectivity index (χ2v) is 4.52. The Balaban J connectivity index is 2.92. The topological polar surface area (TPSA) is 29.5 Å². The number of hydrogen-bond donors (Lipinski definition) is 1. The van der Waals surface area contributed by atoms with Crippen LogP contribution in [-0.4, -0.2) is 24.4 Å². The zero-order chi connectivity index (χ0) is 10.8. The van der Waals surface area contributed by atoms with E-state index in [-0.39, 0.29) is 6.10 Å². The molecule has 1 atom stereocenters. The highest BCUT2D eigenvalue weighted by atomic mass is 16.5. The summed E-state index contributed by atoms with van der Waals surface area (Å²) in [6, 6.07) is 0. The molecule has 0 aromatic heterocycles. The van der Waals surface area contributed by atoms with Crippen molar-refractivity contribution >= 4 is 0 Å². The number of rotatable bonds is 9. The van der Waals surface area contributed by atoms with Crippen LogP contribution in [0.2, 0.25) is 0 Å². The maximum absolute atomic E-state index is 8.93. The molecule has 0 rings (SSSR count). The van der Waals surface area contributed by atoms with Crippen molar-refractivity contribution in [3.63, 3.8) is 0 Å². The van der Waals surface area contributed by atoms with E-state index in [9.17, 15) is 0 Å². The van der Waals surface area contributed by atoms with E-state index in [4.69, 9.17) is 9.84 Å². The number of unbranched alkanes of at least 4 members (excludes halogenated alkanes) is 3. The number of hydrogen-bond acceptors (Lipinski definition) is 2. The predicted molar refractivity (Wildman–Crippen MR) is 60.4 cm³/mol. The quantitative estimate of drug-likeness (QED) is 0.582. The van der Waals surface area contributed by atoms with Gasteiger partial charge in [-0.3, -0.25) is 0 Å². The molecule has 0 aromatic rings. The van der Waals surface area contributed by atoms with Crippen molar-refractivity contribution in [2.24, 2.45) is 5.92 Å². The number of ether oxygens (including phenoxy) is 1. The maximum Gasteiger partial charge on any atom is 0.0745 e. The fourth-order valence-electron chi connectivity index (χ4n) is 1.36. The first-order chi connectivity index (χ1) is 6.63. The van der Waals surface area contributed by atoms with E-state index in [1.165, 1.54) is 25.7 Å². The summed E-state index contributed by atoms with van der Waals surface area (Å²) >= 11 is 0. The third kappa shape index (κ3) is 11.9. The van der Waals surface area contributed by atoms with Crippen LogP contribution in [0.25, 0.3) is 0 Å². The van der Waals surface area contributed by atoms with Gasteiger partial charge in [0.15, 0.2) is 0 Å². The highest BCUT2D eigenvalue weighted by Crippen LogP contribution is 2.09. The van der Waals surface area contributed by atoms with Gasteiger partial charge in [-0.1, -0.05) is 39.5 Å². The fraction of sp³-hybridized carbons (Fsp3) is 1.00. The van der Waals surface area contributed by atoms with E-state index in [1.54, 1.807) is 6.92 Å². The molecular weight excluding hydrogens is 176 g/mol. The Hall–Kier alpha value is -0.0800. The highest BCUT2D eigenvalue weighted by molar-refractivity contribution is 4.48. The molecule has 0 spiro atoms. The van der Waals surface area contributed by atoms with Gasteiger partial charge < -0.3 is 9.84 Å². The van der Waals surface area contributed by atoms with Gasteiger partial charge in [-0.25, -0.2) is 0 Å². The predicted octanol–water partition coefficient (Wildman–Crippen LogP) is 2.99. The largest absolute Gasteiger partial charge is 0.391 e. The molecule has 0 saturated heterocycles. The summed E-state index contributed by atoms with van der Waals surface area (Å²) in [5.41, 5.74) is 0. The standard InChI is InChI=1S/C12H26O2/c1-11(2)8-6-4-5-7-9-14-10-12(3)13/h11-13H,4-10H2,1-3H3. The third-order valence-electron chi connectivity index (χ3n) is 2.18. The van der Waals surface area contributed by atoms with Crippen LogP contribution in [0.5, 0.6) is 0 Å². The first-order valence-corrected chi connectivity index (χ1v) is 5.88. The van der Waals surface area contributed by atoms with Crippen molar-refractivity contribution in [3.8, 4) is 0 Å². The van der Waals surface area contributed by atoms with E-state index >= 15 is 0 Å². The zero-order valence-electron chi connectivity index (χ0n) is 9.96. The molecule has 0 heterocycles. The Morgan fingerprint density at radius 3 is 2.21 bits per heavy atom. The Labute approximate surface area is 88.7 Å². The van der Waals surface area contributed by atoms with Crippen LogP contribution in [-0.2, 0) is 4.74 Å². The first-order valence-electron chi connectivity index (χ1n) is 5.88. The summed E-state index contributed by atoms with van der Waals surface area (Å²) in [4.78, 5) is 0. The van der Waals surface area contributed by atoms with Gasteiger partial charge in [-0.15, -0.1) is 0 Å². The Kier molecular flexibility index (Phi) is 9.42. The van der Waals surface area contributed by atoms with Gasteiger partial charge in [-0.2, -0.15) is 0 Å². The van der Waals surface area contributed by atoms with Crippen molar-refractivity contribution < 1.29 is 9.84 Å². The molecule has 14 heavy (non-hydrogen) atoms. The number of aliphatic hydroxyl groups excluding tert-OH is 1. The van der Waals surface area contributed by atoms with Gasteiger partial charge in [0.25, 0.3) is 0 Å². The van der Waals surface area contributed by atoms with E-state index < -0.39 is 0 Å². The minimum absolute atomic E-state index is 0.323. The monoisotopic (exact) mass is 202 g/mol. The molecule has 0 aliphatic rings. The summed E-state index contributed by atoms with van der Waals surface area (Å²) in [6.07, 6.45) is 6.06. The van der Waals surface area contributed by atoms with E-state index in [2.05, 4.69) is 13.8 Å². The van der Waals surface area contributed by atoms with Crippen LogP contribution in [0, 0.1) is 5.92 Å². The lowest BCUT2D eigenvalue weighted by atomic mass is 10.0. The lowest BCUT2D eigenvalue weighted by Crippen LogP contribution is -2.10. The molecule has 2 heteroatoms. The van der Waals surface area contributed by atoms with Crippen molar-refractivity contribution in [2.45, 2.75) is 59.0 Å². The van der Waals surface area contributed by atoms with Crippen LogP contribution in [0.3, 0.4) is 0 Å². The molecule has 2 nitrogen and oxygen atoms in total. The van der Waals surface area contributed by atoms with Crippen molar-refractivity contribution in [1.29, 1.82) is 0 Å². The summed E-state index contributed by atoms with van der Waals surface area (Å²) < 4.78 is 5.27. The van der Waals surface area contributed by atoms with Crippen LogP contribution in [0.4, 0.5) is 0 Å². The maximum atomic E-state index is 8.93. The Morgan fingerprint density at radius 2 is 1.64 bits per heavy atom. The van der Waals surface area contributed by atoms with Crippen LogP contribution in [0.15, 0.2) is 0 Å². The summed E-state index contributed by atoms with van der Waals surface area (Å²) in [5.74, 6) is 0.835. The van der Waals surface area contributed by atoms with Gasteiger partial charge in [0.05, 0.1) is 12.7 Å². The van der Waals surface area contributed by atoms with Gasteiger partial charge in [0.1, 0.15) is 0 Å². The lowest BCUT2D eigenvalue weighted by molar-refractivity contribution is 0.0445. The van der Waals surface area contributed by atoms with Crippen molar-refractivity contribution in [2.75, 3.05) is 13.2 Å². The van der Waals surface area contributed by atoms with Crippen LogP contribution in [0.1, 0.15) is 52.9 Å². The normalized spacial score (nSPS) is 13.5. The minimum Gasteiger partial charge on any atom is -0.391 e. The third-order valence-corrected chi connectivity index (χ3v) is 2.18. The highest BCUT2D eigenvalue weighted by Gasteiger charge is 1.96. The Morgan fingerprint density at radius 1 is 1.00 bits per heavy atom. The van der Waals surface area contributed by atoms with E-state index in [0.717, 1.165) is 18.9 Å². The van der Waals surface area contributed by atoms with Crippen molar-refractivity contribution in [3.05, 3.63) is 0 Å². The number of aliphatic hydroxyl groups is 1. The van der Waals surface area contributed by atoms with Gasteiger partial charge in [0.2, 0.25) is 0 Å². The second-order valence-electron chi connectivity index (χ2n) is 4.52. The first kappa shape index (κ1) is 13.9. The van der Waals surface area contributed by atoms with Gasteiger partial charge in [-0.05, 0) is 19.3 Å². The average Bonchev–Trinajstić information content (AvgIpc) is 2.08. The Bertz CT molecular complexity index is 96.9. The van der Waals surface area contributed by atoms with Crippen LogP contribution >= 0.6 is 0 Å². The second kappa shape index (κ2) is 9.47. The van der Waals surface area contributed by atoms with Gasteiger partial charge in [0, 0.05) is 6.61 Å². The molecule has 1 unspecified atom stereocenters. The molecule has 0 aliphatic heterocycles. The fourth-order valence-corrected chi connectivity index (χ4v) is 1.36. The molecule has 0 bridgehead atoms. The van der Waals surface area contributed by atoms with E-state index in [0.29, 0.717) is 6.61 Å². The molecule has 0 aromatic carbocycles. The summed E-state index contributed by atoms with van der Waals surface area (Å²) in [5, 5.41) is 8.93. The SMILES string of the molecule is CC(C)CCCCCCOCC(C)O. The molecule has 1 N–H and O–H groups in total. The van der Waals surface area contributed by atoms with Crippen LogP contribution < -0.4 is 0 Å². The average molecular weight is 202 g/mol. The molecule has 0 aliphatic carbocycles. The van der Waals surface area contributed by atoms with E-state index in [1.807, 2.05) is 0 Å². The van der Waals surface area contributed by atoms with Gasteiger partial charge >= 0.3 is 0 Å². The minimum atomic E-state index is -0.323. The molecule has 0 amide bonds. The summed E-state index contributed by atoms with van der Waals surface area (Å²) in [6.45, 7) is 7.57. The van der Waals surface area contributed by atoms with Crippen molar-refractivity contribution in [1.82, 2.24) is 0 Å². The summed E-state index contributed by atoms with van der Waals surface area (Å²) in [7, 11) is 0. The molecule has 0 saturated carbocycles. The molecule has 0 radical (unpaired) electrons. The molecular formula is C12H26O2.